The van der Waals surface area contributed by atoms with Crippen molar-refractivity contribution in [3.63, 3.8) is 0 Å². The van der Waals surface area contributed by atoms with Crippen LogP contribution in [-0.4, -0.2) is 36.6 Å². The van der Waals surface area contributed by atoms with Gasteiger partial charge in [-0.25, -0.2) is 0 Å². The smallest absolute Gasteiger partial charge is 0.316 e. The second kappa shape index (κ2) is 5.90. The zero-order valence-corrected chi connectivity index (χ0v) is 13.8. The van der Waals surface area contributed by atoms with Crippen LogP contribution < -0.4 is 0 Å². The van der Waals surface area contributed by atoms with Gasteiger partial charge in [-0.2, -0.15) is 11.3 Å². The van der Waals surface area contributed by atoms with Crippen LogP contribution in [0.4, 0.5) is 0 Å². The van der Waals surface area contributed by atoms with Crippen LogP contribution in [0.5, 0.6) is 0 Å². The molecule has 1 aromatic heterocycles. The van der Waals surface area contributed by atoms with E-state index in [4.69, 9.17) is 4.74 Å². The van der Waals surface area contributed by atoms with Crippen molar-refractivity contribution in [2.24, 2.45) is 5.92 Å². The van der Waals surface area contributed by atoms with Gasteiger partial charge < -0.3 is 4.74 Å². The fraction of sp³-hybridized carbons (Fsp3) is 0.688. The van der Waals surface area contributed by atoms with Gasteiger partial charge in [0.05, 0.1) is 5.41 Å². The van der Waals surface area contributed by atoms with Gasteiger partial charge >= 0.3 is 5.97 Å². The SMILES string of the molecule is Cl.O=C(OC1CN2CCC1CC2)C1(c2ccsc2)CCC1. The Bertz CT molecular complexity index is 492. The molecule has 116 valence electrons. The molecule has 3 nitrogen and oxygen atoms in total. The summed E-state index contributed by atoms with van der Waals surface area (Å²) in [5.41, 5.74) is 0.867. The average Bonchev–Trinajstić information content (AvgIpc) is 2.93. The Morgan fingerprint density at radius 2 is 2.10 bits per heavy atom. The molecule has 0 amide bonds. The van der Waals surface area contributed by atoms with Crippen molar-refractivity contribution in [2.75, 3.05) is 19.6 Å². The number of carbonyl (C=O) groups excluding carboxylic acids is 1. The number of hydrogen-bond acceptors (Lipinski definition) is 4. The molecule has 1 unspecified atom stereocenters. The lowest BCUT2D eigenvalue weighted by molar-refractivity contribution is -0.169. The summed E-state index contributed by atoms with van der Waals surface area (Å²) in [7, 11) is 0. The molecule has 1 aliphatic carbocycles. The Balaban J connectivity index is 0.00000132. The summed E-state index contributed by atoms with van der Waals surface area (Å²) in [4.78, 5) is 15.2. The zero-order valence-electron chi connectivity index (χ0n) is 12.1. The first-order chi connectivity index (χ1) is 9.78. The van der Waals surface area contributed by atoms with Gasteiger partial charge in [0.1, 0.15) is 6.10 Å². The maximum atomic E-state index is 12.8. The van der Waals surface area contributed by atoms with Gasteiger partial charge in [0.15, 0.2) is 0 Å². The fourth-order valence-electron chi connectivity index (χ4n) is 3.97. The van der Waals surface area contributed by atoms with E-state index in [-0.39, 0.29) is 29.9 Å². The van der Waals surface area contributed by atoms with Crippen LogP contribution in [0.2, 0.25) is 0 Å². The number of thiophene rings is 1. The molecule has 21 heavy (non-hydrogen) atoms. The number of nitrogens with zero attached hydrogens (tertiary/aromatic N) is 1. The predicted octanol–water partition coefficient (Wildman–Crippen LogP) is 3.23. The van der Waals surface area contributed by atoms with E-state index >= 15 is 0 Å². The van der Waals surface area contributed by atoms with Gasteiger partial charge in [-0.05, 0) is 67.1 Å². The Hall–Kier alpha value is -0.580. The van der Waals surface area contributed by atoms with E-state index in [9.17, 15) is 4.79 Å². The molecule has 4 heterocycles. The normalized spacial score (nSPS) is 32.9. The van der Waals surface area contributed by atoms with Crippen LogP contribution >= 0.6 is 23.7 Å². The summed E-state index contributed by atoms with van der Waals surface area (Å²) in [6, 6.07) is 2.10. The second-order valence-corrected chi connectivity index (χ2v) is 7.31. The second-order valence-electron chi connectivity index (χ2n) is 6.53. The number of rotatable bonds is 3. The number of ether oxygens (including phenoxy) is 1. The summed E-state index contributed by atoms with van der Waals surface area (Å²) in [6.45, 7) is 3.33. The summed E-state index contributed by atoms with van der Waals surface area (Å²) in [5, 5.41) is 4.19. The van der Waals surface area contributed by atoms with E-state index in [1.807, 2.05) is 0 Å². The standard InChI is InChI=1S/C16H21NO2S.ClH/c18-15(16(5-1-6-16)13-4-9-20-11-13)19-14-10-17-7-2-12(14)3-8-17;/h4,9,11-12,14H,1-3,5-8,10H2;1H. The van der Waals surface area contributed by atoms with Crippen LogP contribution in [0.15, 0.2) is 16.8 Å². The molecule has 3 aliphatic heterocycles. The van der Waals surface area contributed by atoms with Crippen LogP contribution in [0.25, 0.3) is 0 Å². The Morgan fingerprint density at radius 1 is 1.33 bits per heavy atom. The molecular formula is C16H22ClNO2S. The largest absolute Gasteiger partial charge is 0.460 e. The lowest BCUT2D eigenvalue weighted by Gasteiger charge is -2.46. The Labute approximate surface area is 136 Å². The summed E-state index contributed by atoms with van der Waals surface area (Å²) in [5.74, 6) is 0.643. The summed E-state index contributed by atoms with van der Waals surface area (Å²) < 4.78 is 5.98. The number of halogens is 1. The quantitative estimate of drug-likeness (QED) is 0.798. The molecule has 4 aliphatic rings. The van der Waals surface area contributed by atoms with E-state index in [0.717, 1.165) is 25.8 Å². The molecular weight excluding hydrogens is 306 g/mol. The van der Waals surface area contributed by atoms with E-state index in [1.165, 1.54) is 31.5 Å². The molecule has 5 rings (SSSR count). The van der Waals surface area contributed by atoms with E-state index < -0.39 is 0 Å². The van der Waals surface area contributed by atoms with Gasteiger partial charge in [-0.15, -0.1) is 12.4 Å². The molecule has 0 aromatic carbocycles. The van der Waals surface area contributed by atoms with Crippen molar-refractivity contribution in [1.82, 2.24) is 4.90 Å². The number of fused-ring (bicyclic) bond motifs is 3. The Morgan fingerprint density at radius 3 is 2.57 bits per heavy atom. The highest BCUT2D eigenvalue weighted by Gasteiger charge is 2.49. The molecule has 4 fully saturated rings. The molecule has 5 heteroatoms. The molecule has 0 N–H and O–H groups in total. The minimum Gasteiger partial charge on any atom is -0.460 e. The van der Waals surface area contributed by atoms with Gasteiger partial charge in [0, 0.05) is 6.54 Å². The molecule has 1 saturated carbocycles. The lowest BCUT2D eigenvalue weighted by Crippen LogP contribution is -2.54. The van der Waals surface area contributed by atoms with Crippen molar-refractivity contribution >= 4 is 29.7 Å². The fourth-order valence-corrected chi connectivity index (χ4v) is 4.73. The van der Waals surface area contributed by atoms with Gasteiger partial charge in [-0.3, -0.25) is 9.69 Å². The maximum Gasteiger partial charge on any atom is 0.316 e. The third kappa shape index (κ3) is 2.51. The minimum atomic E-state index is -0.313. The molecule has 1 atom stereocenters. The highest BCUT2D eigenvalue weighted by Crippen LogP contribution is 2.46. The van der Waals surface area contributed by atoms with Gasteiger partial charge in [0.2, 0.25) is 0 Å². The first-order valence-corrected chi connectivity index (χ1v) is 8.68. The maximum absolute atomic E-state index is 12.8. The molecule has 0 radical (unpaired) electrons. The number of esters is 1. The topological polar surface area (TPSA) is 29.5 Å². The van der Waals surface area contributed by atoms with Crippen molar-refractivity contribution in [3.05, 3.63) is 22.4 Å². The first kappa shape index (κ1) is 15.3. The van der Waals surface area contributed by atoms with Crippen molar-refractivity contribution in [1.29, 1.82) is 0 Å². The van der Waals surface area contributed by atoms with Crippen LogP contribution in [-0.2, 0) is 14.9 Å². The third-order valence-electron chi connectivity index (χ3n) is 5.53. The van der Waals surface area contributed by atoms with Crippen molar-refractivity contribution < 1.29 is 9.53 Å². The van der Waals surface area contributed by atoms with Crippen molar-refractivity contribution in [3.8, 4) is 0 Å². The monoisotopic (exact) mass is 327 g/mol. The van der Waals surface area contributed by atoms with Crippen LogP contribution in [0, 0.1) is 5.92 Å². The highest BCUT2D eigenvalue weighted by molar-refractivity contribution is 7.08. The molecule has 3 saturated heterocycles. The van der Waals surface area contributed by atoms with E-state index in [0.29, 0.717) is 5.92 Å². The zero-order chi connectivity index (χ0) is 13.6. The molecule has 2 bridgehead atoms. The Kier molecular flexibility index (Phi) is 4.30. The van der Waals surface area contributed by atoms with Gasteiger partial charge in [0.25, 0.3) is 0 Å². The van der Waals surface area contributed by atoms with E-state index in [1.54, 1.807) is 11.3 Å². The van der Waals surface area contributed by atoms with Crippen LogP contribution in [0.1, 0.15) is 37.7 Å². The molecule has 1 aromatic rings. The van der Waals surface area contributed by atoms with E-state index in [2.05, 4.69) is 21.7 Å². The predicted molar refractivity (Wildman–Crippen MR) is 86.1 cm³/mol. The first-order valence-electron chi connectivity index (χ1n) is 7.74. The summed E-state index contributed by atoms with van der Waals surface area (Å²) >= 11 is 1.68. The lowest BCUT2D eigenvalue weighted by atomic mass is 9.65. The molecule has 0 spiro atoms. The van der Waals surface area contributed by atoms with Crippen LogP contribution in [0.3, 0.4) is 0 Å². The average molecular weight is 328 g/mol. The highest BCUT2D eigenvalue weighted by atomic mass is 35.5. The van der Waals surface area contributed by atoms with Crippen molar-refractivity contribution in [2.45, 2.75) is 43.6 Å². The number of hydrogen-bond donors (Lipinski definition) is 0. The number of carbonyl (C=O) groups is 1. The third-order valence-corrected chi connectivity index (χ3v) is 6.21. The minimum absolute atomic E-state index is 0. The summed E-state index contributed by atoms with van der Waals surface area (Å²) in [6.07, 6.45) is 5.60. The number of piperidine rings is 3. The van der Waals surface area contributed by atoms with Gasteiger partial charge in [-0.1, -0.05) is 6.42 Å².